The Morgan fingerprint density at radius 1 is 1.25 bits per heavy atom. The molecule has 3 rings (SSSR count). The predicted molar refractivity (Wildman–Crippen MR) is 90.3 cm³/mol. The molecule has 0 radical (unpaired) electrons. The molecule has 0 spiro atoms. The van der Waals surface area contributed by atoms with Crippen LogP contribution in [0.1, 0.15) is 12.7 Å². The summed E-state index contributed by atoms with van der Waals surface area (Å²) >= 11 is 6.22. The number of anilines is 1. The smallest absolute Gasteiger partial charge is 0.340 e. The van der Waals surface area contributed by atoms with E-state index in [2.05, 4.69) is 0 Å². The number of carbonyl (C=O) groups excluding carboxylic acids is 2. The van der Waals surface area contributed by atoms with Gasteiger partial charge in [-0.25, -0.2) is 4.79 Å². The van der Waals surface area contributed by atoms with Crippen molar-refractivity contribution in [2.75, 3.05) is 12.0 Å². The van der Waals surface area contributed by atoms with E-state index < -0.39 is 5.97 Å². The summed E-state index contributed by atoms with van der Waals surface area (Å²) in [5, 5.41) is 0.411. The quantitative estimate of drug-likeness (QED) is 0.628. The molecule has 0 saturated heterocycles. The number of hydrogen-bond donors (Lipinski definition) is 0. The lowest BCUT2D eigenvalue weighted by Crippen LogP contribution is -2.24. The van der Waals surface area contributed by atoms with E-state index in [1.807, 2.05) is 0 Å². The third-order valence-electron chi connectivity index (χ3n) is 3.71. The zero-order valence-electron chi connectivity index (χ0n) is 13.1. The summed E-state index contributed by atoms with van der Waals surface area (Å²) in [4.78, 5) is 26.5. The molecular weight excluding hydrogens is 330 g/mol. The lowest BCUT2D eigenvalue weighted by Gasteiger charge is -2.19. The van der Waals surface area contributed by atoms with E-state index in [0.717, 1.165) is 0 Å². The zero-order valence-corrected chi connectivity index (χ0v) is 13.8. The SMILES string of the molecule is COC(=O)C1=C(C)N(c2ccccc2Cl)C(=O)/C1=C\c1ccco1. The minimum absolute atomic E-state index is 0.193. The molecule has 1 aliphatic rings. The summed E-state index contributed by atoms with van der Waals surface area (Å²) in [7, 11) is 1.27. The van der Waals surface area contributed by atoms with Crippen molar-refractivity contribution >= 4 is 35.2 Å². The summed E-state index contributed by atoms with van der Waals surface area (Å²) < 4.78 is 10.1. The van der Waals surface area contributed by atoms with Crippen LogP contribution in [0.5, 0.6) is 0 Å². The van der Waals surface area contributed by atoms with Crippen molar-refractivity contribution in [3.05, 3.63) is 70.3 Å². The van der Waals surface area contributed by atoms with Crippen LogP contribution in [0.4, 0.5) is 5.69 Å². The minimum Gasteiger partial charge on any atom is -0.465 e. The number of methoxy groups -OCH3 is 1. The van der Waals surface area contributed by atoms with E-state index in [0.29, 0.717) is 22.2 Å². The number of benzene rings is 1. The van der Waals surface area contributed by atoms with Crippen molar-refractivity contribution in [1.29, 1.82) is 0 Å². The molecule has 24 heavy (non-hydrogen) atoms. The van der Waals surface area contributed by atoms with Gasteiger partial charge in [0.2, 0.25) is 0 Å². The normalized spacial score (nSPS) is 16.2. The van der Waals surface area contributed by atoms with Crippen LogP contribution in [0.25, 0.3) is 6.08 Å². The first-order chi connectivity index (χ1) is 11.5. The van der Waals surface area contributed by atoms with Gasteiger partial charge in [-0.1, -0.05) is 23.7 Å². The summed E-state index contributed by atoms with van der Waals surface area (Å²) in [5.74, 6) is -0.487. The van der Waals surface area contributed by atoms with Gasteiger partial charge >= 0.3 is 5.97 Å². The average Bonchev–Trinajstić information content (AvgIpc) is 3.16. The highest BCUT2D eigenvalue weighted by atomic mass is 35.5. The maximum absolute atomic E-state index is 12.9. The zero-order chi connectivity index (χ0) is 17.3. The van der Waals surface area contributed by atoms with Crippen LogP contribution >= 0.6 is 11.6 Å². The maximum atomic E-state index is 12.9. The lowest BCUT2D eigenvalue weighted by molar-refractivity contribution is -0.136. The largest absolute Gasteiger partial charge is 0.465 e. The fraction of sp³-hybridized carbons (Fsp3) is 0.111. The number of ether oxygens (including phenoxy) is 1. The summed E-state index contributed by atoms with van der Waals surface area (Å²) in [6.45, 7) is 1.68. The van der Waals surface area contributed by atoms with E-state index in [4.69, 9.17) is 20.8 Å². The van der Waals surface area contributed by atoms with Gasteiger partial charge in [0.1, 0.15) is 5.76 Å². The standard InChI is InChI=1S/C18H14ClNO4/c1-11-16(18(22)23-2)13(10-12-6-5-9-24-12)17(21)20(11)15-8-4-3-7-14(15)19/h3-10H,1-2H3/b13-10-. The Labute approximate surface area is 143 Å². The van der Waals surface area contributed by atoms with Gasteiger partial charge in [0.15, 0.2) is 0 Å². The number of halogens is 1. The predicted octanol–water partition coefficient (Wildman–Crippen LogP) is 3.81. The second kappa shape index (κ2) is 6.37. The van der Waals surface area contributed by atoms with Gasteiger partial charge in [-0.3, -0.25) is 9.69 Å². The van der Waals surface area contributed by atoms with Crippen molar-refractivity contribution in [3.63, 3.8) is 0 Å². The molecule has 0 aliphatic carbocycles. The van der Waals surface area contributed by atoms with Crippen molar-refractivity contribution in [2.24, 2.45) is 0 Å². The number of esters is 1. The molecular formula is C18H14ClNO4. The molecule has 0 N–H and O–H groups in total. The molecule has 1 aromatic carbocycles. The summed E-state index contributed by atoms with van der Waals surface area (Å²) in [5.41, 5.74) is 1.36. The number of hydrogen-bond acceptors (Lipinski definition) is 4. The Kier molecular flexibility index (Phi) is 4.27. The second-order valence-electron chi connectivity index (χ2n) is 5.12. The van der Waals surface area contributed by atoms with E-state index in [9.17, 15) is 9.59 Å². The van der Waals surface area contributed by atoms with Crippen LogP contribution in [0.2, 0.25) is 5.02 Å². The Morgan fingerprint density at radius 3 is 2.62 bits per heavy atom. The monoisotopic (exact) mass is 343 g/mol. The number of rotatable bonds is 3. The van der Waals surface area contributed by atoms with Gasteiger partial charge in [0, 0.05) is 5.70 Å². The van der Waals surface area contributed by atoms with Gasteiger partial charge in [0.25, 0.3) is 5.91 Å². The van der Waals surface area contributed by atoms with Crippen LogP contribution in [-0.4, -0.2) is 19.0 Å². The molecule has 122 valence electrons. The Hall–Kier alpha value is -2.79. The third kappa shape index (κ3) is 2.63. The topological polar surface area (TPSA) is 59.8 Å². The van der Waals surface area contributed by atoms with Gasteiger partial charge < -0.3 is 9.15 Å². The Bertz CT molecular complexity index is 865. The third-order valence-corrected chi connectivity index (χ3v) is 4.03. The van der Waals surface area contributed by atoms with E-state index in [1.54, 1.807) is 43.3 Å². The fourth-order valence-corrected chi connectivity index (χ4v) is 2.84. The molecule has 5 nitrogen and oxygen atoms in total. The molecule has 2 heterocycles. The van der Waals surface area contributed by atoms with Gasteiger partial charge in [-0.05, 0) is 37.3 Å². The molecule has 0 unspecified atom stereocenters. The highest BCUT2D eigenvalue weighted by Crippen LogP contribution is 2.38. The van der Waals surface area contributed by atoms with E-state index >= 15 is 0 Å². The molecule has 6 heteroatoms. The first-order valence-electron chi connectivity index (χ1n) is 7.18. The fourth-order valence-electron chi connectivity index (χ4n) is 2.62. The van der Waals surface area contributed by atoms with Gasteiger partial charge in [-0.15, -0.1) is 0 Å². The van der Waals surface area contributed by atoms with Crippen molar-refractivity contribution in [2.45, 2.75) is 6.92 Å². The molecule has 0 bridgehead atoms. The van der Waals surface area contributed by atoms with Gasteiger partial charge in [0.05, 0.1) is 35.2 Å². The van der Waals surface area contributed by atoms with Crippen LogP contribution in [0.15, 0.2) is 63.9 Å². The first-order valence-corrected chi connectivity index (χ1v) is 7.56. The first kappa shape index (κ1) is 16.1. The van der Waals surface area contributed by atoms with Crippen molar-refractivity contribution < 1.29 is 18.7 Å². The van der Waals surface area contributed by atoms with E-state index in [1.165, 1.54) is 24.3 Å². The van der Waals surface area contributed by atoms with Crippen LogP contribution in [-0.2, 0) is 14.3 Å². The number of amides is 1. The van der Waals surface area contributed by atoms with Crippen LogP contribution in [0, 0.1) is 0 Å². The van der Waals surface area contributed by atoms with Crippen molar-refractivity contribution in [3.8, 4) is 0 Å². The molecule has 1 aromatic heterocycles. The number of para-hydroxylation sites is 1. The lowest BCUT2D eigenvalue weighted by atomic mass is 10.1. The molecule has 0 atom stereocenters. The van der Waals surface area contributed by atoms with Crippen LogP contribution in [0.3, 0.4) is 0 Å². The molecule has 2 aromatic rings. The molecule has 0 saturated carbocycles. The highest BCUT2D eigenvalue weighted by Gasteiger charge is 2.38. The van der Waals surface area contributed by atoms with Gasteiger partial charge in [-0.2, -0.15) is 0 Å². The second-order valence-corrected chi connectivity index (χ2v) is 5.52. The van der Waals surface area contributed by atoms with Crippen molar-refractivity contribution in [1.82, 2.24) is 0 Å². The molecule has 0 fully saturated rings. The highest BCUT2D eigenvalue weighted by molar-refractivity contribution is 6.35. The van der Waals surface area contributed by atoms with Crippen LogP contribution < -0.4 is 4.90 Å². The van der Waals surface area contributed by atoms with E-state index in [-0.39, 0.29) is 17.1 Å². The summed E-state index contributed by atoms with van der Waals surface area (Å²) in [6.07, 6.45) is 3.01. The number of carbonyl (C=O) groups is 2. The molecule has 1 aliphatic heterocycles. The minimum atomic E-state index is -0.590. The Morgan fingerprint density at radius 2 is 2.00 bits per heavy atom. The average molecular weight is 344 g/mol. The summed E-state index contributed by atoms with van der Waals surface area (Å²) in [6, 6.07) is 10.3. The maximum Gasteiger partial charge on any atom is 0.340 e. The Balaban J connectivity index is 2.17. The number of furan rings is 1. The molecule has 1 amide bonds. The number of allylic oxidation sites excluding steroid dienone is 1. The number of nitrogens with zero attached hydrogens (tertiary/aromatic N) is 1.